The fraction of sp³-hybridized carbons (Fsp3) is 0.286. The van der Waals surface area contributed by atoms with Gasteiger partial charge in [0.1, 0.15) is 10.7 Å². The van der Waals surface area contributed by atoms with Crippen LogP contribution in [0.25, 0.3) is 0 Å². The van der Waals surface area contributed by atoms with Gasteiger partial charge in [-0.3, -0.25) is 4.90 Å². The number of rotatable bonds is 6. The second-order valence-electron chi connectivity index (χ2n) is 7.02. The van der Waals surface area contributed by atoms with Gasteiger partial charge in [0.15, 0.2) is 9.84 Å². The zero-order valence-corrected chi connectivity index (χ0v) is 17.3. The van der Waals surface area contributed by atoms with E-state index in [1.165, 1.54) is 22.3 Å². The largest absolute Gasteiger partial charge is 0.367 e. The van der Waals surface area contributed by atoms with Gasteiger partial charge in [-0.15, -0.1) is 11.3 Å². The van der Waals surface area contributed by atoms with Crippen LogP contribution in [0.1, 0.15) is 22.0 Å². The van der Waals surface area contributed by atoms with Crippen molar-refractivity contribution in [1.29, 1.82) is 0 Å². The molecule has 1 aromatic carbocycles. The first-order chi connectivity index (χ1) is 13.5. The summed E-state index contributed by atoms with van der Waals surface area (Å²) in [7, 11) is -3.34. The number of nitrogens with one attached hydrogen (secondary N) is 1. The summed E-state index contributed by atoms with van der Waals surface area (Å²) in [5.41, 5.74) is 2.61. The van der Waals surface area contributed by atoms with E-state index >= 15 is 0 Å². The lowest BCUT2D eigenvalue weighted by molar-refractivity contribution is 0.188. The number of thiophene rings is 1. The van der Waals surface area contributed by atoms with Crippen molar-refractivity contribution in [3.8, 4) is 0 Å². The molecule has 1 N–H and O–H groups in total. The summed E-state index contributed by atoms with van der Waals surface area (Å²) >= 11 is 1.83. The molecule has 0 bridgehead atoms. The summed E-state index contributed by atoms with van der Waals surface area (Å²) in [6.45, 7) is 2.47. The molecule has 0 fully saturated rings. The van der Waals surface area contributed by atoms with Gasteiger partial charge in [0.2, 0.25) is 0 Å². The van der Waals surface area contributed by atoms with Crippen LogP contribution in [-0.2, 0) is 22.8 Å². The van der Waals surface area contributed by atoms with Gasteiger partial charge in [0.25, 0.3) is 0 Å². The molecule has 0 aliphatic carbocycles. The Morgan fingerprint density at radius 2 is 2.00 bits per heavy atom. The Hall–Kier alpha value is -2.22. The van der Waals surface area contributed by atoms with E-state index in [-0.39, 0.29) is 10.9 Å². The van der Waals surface area contributed by atoms with E-state index in [9.17, 15) is 8.42 Å². The summed E-state index contributed by atoms with van der Waals surface area (Å²) in [5, 5.41) is 5.47. The van der Waals surface area contributed by atoms with Crippen molar-refractivity contribution in [1.82, 2.24) is 9.88 Å². The molecule has 1 aliphatic heterocycles. The van der Waals surface area contributed by atoms with Gasteiger partial charge >= 0.3 is 0 Å². The van der Waals surface area contributed by atoms with Crippen molar-refractivity contribution in [3.05, 3.63) is 76.1 Å². The van der Waals surface area contributed by atoms with Gasteiger partial charge in [0.05, 0.1) is 6.04 Å². The smallest absolute Gasteiger partial charge is 0.179 e. The number of fused-ring (bicyclic) bond motifs is 1. The second kappa shape index (κ2) is 8.03. The lowest BCUT2D eigenvalue weighted by atomic mass is 10.0. The fourth-order valence-corrected chi connectivity index (χ4v) is 5.38. The second-order valence-corrected chi connectivity index (χ2v) is 10.0. The molecule has 3 heterocycles. The predicted molar refractivity (Wildman–Crippen MR) is 113 cm³/mol. The van der Waals surface area contributed by atoms with Crippen molar-refractivity contribution in [2.24, 2.45) is 0 Å². The highest BCUT2D eigenvalue weighted by Gasteiger charge is 2.26. The first-order valence-electron chi connectivity index (χ1n) is 9.25. The third kappa shape index (κ3) is 4.11. The van der Waals surface area contributed by atoms with Crippen LogP contribution >= 0.6 is 11.3 Å². The third-order valence-electron chi connectivity index (χ3n) is 5.10. The van der Waals surface area contributed by atoms with Gasteiger partial charge in [-0.2, -0.15) is 0 Å². The predicted octanol–water partition coefficient (Wildman–Crippen LogP) is 3.76. The minimum Gasteiger partial charge on any atom is -0.367 e. The van der Waals surface area contributed by atoms with E-state index in [4.69, 9.17) is 0 Å². The van der Waals surface area contributed by atoms with Crippen LogP contribution in [0, 0.1) is 0 Å². The minimum absolute atomic E-state index is 0.128. The van der Waals surface area contributed by atoms with E-state index in [0.717, 1.165) is 19.5 Å². The van der Waals surface area contributed by atoms with Crippen LogP contribution in [0.15, 0.2) is 65.0 Å². The Bertz CT molecular complexity index is 1050. The summed E-state index contributed by atoms with van der Waals surface area (Å²) in [4.78, 5) is 8.44. The Morgan fingerprint density at radius 1 is 1.18 bits per heavy atom. The zero-order chi connectivity index (χ0) is 19.6. The van der Waals surface area contributed by atoms with Crippen LogP contribution < -0.4 is 5.32 Å². The van der Waals surface area contributed by atoms with Gasteiger partial charge in [-0.1, -0.05) is 30.3 Å². The lowest BCUT2D eigenvalue weighted by Crippen LogP contribution is -2.37. The SMILES string of the molecule is CS(=O)(=O)c1cccnc1NCC(c1ccccc1)N1CCc2sccc2C1. The van der Waals surface area contributed by atoms with E-state index in [1.807, 2.05) is 29.5 Å². The Labute approximate surface area is 170 Å². The van der Waals surface area contributed by atoms with Crippen molar-refractivity contribution in [2.45, 2.75) is 23.9 Å². The van der Waals surface area contributed by atoms with E-state index in [0.29, 0.717) is 12.4 Å². The van der Waals surface area contributed by atoms with Crippen LogP contribution in [0.4, 0.5) is 5.82 Å². The molecule has 5 nitrogen and oxygen atoms in total. The third-order valence-corrected chi connectivity index (χ3v) is 7.25. The van der Waals surface area contributed by atoms with Gasteiger partial charge in [0, 0.05) is 37.0 Å². The quantitative estimate of drug-likeness (QED) is 0.667. The average Bonchev–Trinajstić information content (AvgIpc) is 3.16. The van der Waals surface area contributed by atoms with Crippen molar-refractivity contribution < 1.29 is 8.42 Å². The summed E-state index contributed by atoms with van der Waals surface area (Å²) in [6, 6.07) is 16.0. The fourth-order valence-electron chi connectivity index (χ4n) is 3.69. The molecule has 0 spiro atoms. The van der Waals surface area contributed by atoms with Gasteiger partial charge in [-0.25, -0.2) is 13.4 Å². The molecule has 28 heavy (non-hydrogen) atoms. The van der Waals surface area contributed by atoms with Crippen LogP contribution in [0.5, 0.6) is 0 Å². The zero-order valence-electron chi connectivity index (χ0n) is 15.7. The van der Waals surface area contributed by atoms with Gasteiger partial charge < -0.3 is 5.32 Å². The molecule has 146 valence electrons. The standard InChI is InChI=1S/C21H23N3O2S2/c1-28(25,26)20-8-5-11-22-21(20)23-14-18(16-6-3-2-4-7-16)24-12-9-19-17(15-24)10-13-27-19/h2-8,10-11,13,18H,9,12,14-15H2,1H3,(H,22,23). The van der Waals surface area contributed by atoms with Crippen molar-refractivity contribution in [3.63, 3.8) is 0 Å². The lowest BCUT2D eigenvalue weighted by Gasteiger charge is -2.35. The Balaban J connectivity index is 1.60. The summed E-state index contributed by atoms with van der Waals surface area (Å²) in [6.07, 6.45) is 3.88. The molecular formula is C21H23N3O2S2. The van der Waals surface area contributed by atoms with Crippen LogP contribution in [0.2, 0.25) is 0 Å². The number of pyridine rings is 1. The number of hydrogen-bond donors (Lipinski definition) is 1. The van der Waals surface area contributed by atoms with Crippen molar-refractivity contribution in [2.75, 3.05) is 24.7 Å². The van der Waals surface area contributed by atoms with E-state index in [2.05, 4.69) is 38.8 Å². The number of sulfone groups is 1. The maximum atomic E-state index is 12.1. The van der Waals surface area contributed by atoms with Gasteiger partial charge in [-0.05, 0) is 41.1 Å². The number of nitrogens with zero attached hydrogens (tertiary/aromatic N) is 2. The molecule has 1 unspecified atom stereocenters. The Kier molecular flexibility index (Phi) is 5.48. The summed E-state index contributed by atoms with van der Waals surface area (Å²) in [5.74, 6) is 0.416. The maximum absolute atomic E-state index is 12.1. The molecule has 0 radical (unpaired) electrons. The normalized spacial score (nSPS) is 15.8. The molecule has 2 aromatic heterocycles. The number of anilines is 1. The molecule has 4 rings (SSSR count). The first-order valence-corrected chi connectivity index (χ1v) is 12.0. The first kappa shape index (κ1) is 19.1. The highest BCUT2D eigenvalue weighted by molar-refractivity contribution is 7.90. The molecule has 0 saturated heterocycles. The molecule has 3 aromatic rings. The number of aromatic nitrogens is 1. The number of hydrogen-bond acceptors (Lipinski definition) is 6. The molecule has 0 amide bonds. The summed E-state index contributed by atoms with van der Waals surface area (Å²) < 4.78 is 24.2. The van der Waals surface area contributed by atoms with Crippen LogP contribution in [0.3, 0.4) is 0 Å². The Morgan fingerprint density at radius 3 is 2.79 bits per heavy atom. The van der Waals surface area contributed by atoms with E-state index < -0.39 is 9.84 Å². The molecular weight excluding hydrogens is 390 g/mol. The monoisotopic (exact) mass is 413 g/mol. The van der Waals surface area contributed by atoms with Crippen LogP contribution in [-0.4, -0.2) is 37.6 Å². The molecule has 1 atom stereocenters. The molecule has 7 heteroatoms. The average molecular weight is 414 g/mol. The topological polar surface area (TPSA) is 62.3 Å². The molecule has 0 saturated carbocycles. The molecule has 1 aliphatic rings. The van der Waals surface area contributed by atoms with Crippen molar-refractivity contribution >= 4 is 27.0 Å². The highest BCUT2D eigenvalue weighted by atomic mass is 32.2. The maximum Gasteiger partial charge on any atom is 0.179 e. The van der Waals surface area contributed by atoms with E-state index in [1.54, 1.807) is 18.3 Å². The highest BCUT2D eigenvalue weighted by Crippen LogP contribution is 2.31. The number of benzene rings is 1. The minimum atomic E-state index is -3.34.